The minimum absolute atomic E-state index is 0.158. The molecule has 0 aliphatic heterocycles. The molecule has 1 heterocycles. The molecule has 0 aliphatic carbocycles. The molecule has 2 aromatic carbocycles. The van der Waals surface area contributed by atoms with E-state index >= 15 is 0 Å². The van der Waals surface area contributed by atoms with Gasteiger partial charge in [0.25, 0.3) is 5.91 Å². The Morgan fingerprint density at radius 1 is 1.07 bits per heavy atom. The van der Waals surface area contributed by atoms with Crippen molar-refractivity contribution < 1.29 is 9.59 Å². The number of benzene rings is 2. The molecule has 0 bridgehead atoms. The van der Waals surface area contributed by atoms with Crippen molar-refractivity contribution in [3.05, 3.63) is 82.1 Å². The summed E-state index contributed by atoms with van der Waals surface area (Å²) in [6, 6.07) is 16.7. The molecule has 3 aromatic rings. The first kappa shape index (κ1) is 18.7. The van der Waals surface area contributed by atoms with E-state index in [1.54, 1.807) is 35.9 Å². The number of aromatic nitrogens is 2. The summed E-state index contributed by atoms with van der Waals surface area (Å²) in [6.45, 7) is 2.23. The first-order chi connectivity index (χ1) is 12.9. The minimum Gasteiger partial charge on any atom is -0.369 e. The lowest BCUT2D eigenvalue weighted by molar-refractivity contribution is -0.117. The van der Waals surface area contributed by atoms with Crippen LogP contribution in [0.5, 0.6) is 0 Å². The highest BCUT2D eigenvalue weighted by atomic mass is 35.5. The molecule has 3 rings (SSSR count). The summed E-state index contributed by atoms with van der Waals surface area (Å²) in [5.41, 5.74) is 8.49. The lowest BCUT2D eigenvalue weighted by atomic mass is 10.1. The van der Waals surface area contributed by atoms with Crippen LogP contribution >= 0.6 is 11.6 Å². The van der Waals surface area contributed by atoms with Crippen molar-refractivity contribution in [1.82, 2.24) is 9.78 Å². The van der Waals surface area contributed by atoms with Gasteiger partial charge >= 0.3 is 0 Å². The number of primary amides is 1. The van der Waals surface area contributed by atoms with Crippen LogP contribution in [0.1, 0.15) is 27.2 Å². The molecule has 0 fully saturated rings. The number of nitrogens with zero attached hydrogens (tertiary/aromatic N) is 2. The fourth-order valence-corrected chi connectivity index (χ4v) is 3.09. The minimum atomic E-state index is -0.403. The normalized spacial score (nSPS) is 10.6. The topological polar surface area (TPSA) is 90.0 Å². The highest BCUT2D eigenvalue weighted by Crippen LogP contribution is 2.22. The highest BCUT2D eigenvalue weighted by Gasteiger charge is 2.20. The number of carbonyl (C=O) groups is 2. The van der Waals surface area contributed by atoms with Crippen LogP contribution in [0, 0.1) is 6.92 Å². The molecule has 0 unspecified atom stereocenters. The van der Waals surface area contributed by atoms with Crippen molar-refractivity contribution in [2.75, 3.05) is 5.32 Å². The van der Waals surface area contributed by atoms with E-state index in [2.05, 4.69) is 10.4 Å². The lowest BCUT2D eigenvalue weighted by Gasteiger charge is -2.07. The Morgan fingerprint density at radius 3 is 2.37 bits per heavy atom. The summed E-state index contributed by atoms with van der Waals surface area (Å²) in [4.78, 5) is 23.6. The Bertz CT molecular complexity index is 966. The van der Waals surface area contributed by atoms with Crippen molar-refractivity contribution in [2.45, 2.75) is 19.9 Å². The maximum atomic E-state index is 12.7. The van der Waals surface area contributed by atoms with E-state index < -0.39 is 5.91 Å². The predicted molar refractivity (Wildman–Crippen MR) is 105 cm³/mol. The Kier molecular flexibility index (Phi) is 5.57. The maximum absolute atomic E-state index is 12.7. The molecule has 3 N–H and O–H groups in total. The lowest BCUT2D eigenvalue weighted by Crippen LogP contribution is -2.14. The van der Waals surface area contributed by atoms with E-state index in [1.165, 1.54) is 0 Å². The molecule has 2 amide bonds. The summed E-state index contributed by atoms with van der Waals surface area (Å²) >= 11 is 6.41. The number of anilines is 1. The molecule has 0 saturated heterocycles. The third-order valence-corrected chi connectivity index (χ3v) is 4.44. The second-order valence-electron chi connectivity index (χ2n) is 6.19. The average Bonchev–Trinajstić information content (AvgIpc) is 2.90. The Morgan fingerprint density at radius 2 is 1.74 bits per heavy atom. The number of nitrogens with one attached hydrogen (secondary N) is 1. The van der Waals surface area contributed by atoms with Gasteiger partial charge in [-0.25, -0.2) is 4.68 Å². The SMILES string of the molecule is Cc1nn(Cc2ccccc2)c(Cl)c1C(=O)Nc1ccc(CC(N)=O)cc1. The summed E-state index contributed by atoms with van der Waals surface area (Å²) < 4.78 is 1.61. The number of amides is 2. The fraction of sp³-hybridized carbons (Fsp3) is 0.150. The van der Waals surface area contributed by atoms with Gasteiger partial charge in [-0.1, -0.05) is 54.1 Å². The molecule has 0 saturated carbocycles. The quantitative estimate of drug-likeness (QED) is 0.686. The molecule has 1 aromatic heterocycles. The third-order valence-electron chi connectivity index (χ3n) is 4.06. The summed E-state index contributed by atoms with van der Waals surface area (Å²) in [5, 5.41) is 7.48. The van der Waals surface area contributed by atoms with Gasteiger partial charge in [-0.3, -0.25) is 9.59 Å². The van der Waals surface area contributed by atoms with Gasteiger partial charge in [0, 0.05) is 5.69 Å². The van der Waals surface area contributed by atoms with Crippen LogP contribution in [0.25, 0.3) is 0 Å². The van der Waals surface area contributed by atoms with E-state index in [0.29, 0.717) is 28.6 Å². The molecule has 138 valence electrons. The Labute approximate surface area is 161 Å². The number of hydrogen-bond acceptors (Lipinski definition) is 3. The molecular weight excluding hydrogens is 364 g/mol. The van der Waals surface area contributed by atoms with Gasteiger partial charge in [0.15, 0.2) is 0 Å². The zero-order valence-electron chi connectivity index (χ0n) is 14.8. The monoisotopic (exact) mass is 382 g/mol. The van der Waals surface area contributed by atoms with Crippen molar-refractivity contribution in [1.29, 1.82) is 0 Å². The number of aryl methyl sites for hydroxylation is 1. The van der Waals surface area contributed by atoms with Crippen LogP contribution in [0.3, 0.4) is 0 Å². The Balaban J connectivity index is 1.76. The number of rotatable bonds is 6. The van der Waals surface area contributed by atoms with Crippen LogP contribution in [-0.2, 0) is 17.8 Å². The highest BCUT2D eigenvalue weighted by molar-refractivity contribution is 6.33. The number of nitrogens with two attached hydrogens (primary N) is 1. The Hall–Kier alpha value is -3.12. The molecule has 0 spiro atoms. The van der Waals surface area contributed by atoms with Crippen LogP contribution in [0.15, 0.2) is 54.6 Å². The average molecular weight is 383 g/mol. The molecule has 6 nitrogen and oxygen atoms in total. The first-order valence-corrected chi connectivity index (χ1v) is 8.77. The number of hydrogen-bond donors (Lipinski definition) is 2. The molecule has 7 heteroatoms. The van der Waals surface area contributed by atoms with Gasteiger partial charge in [0.2, 0.25) is 5.91 Å². The van der Waals surface area contributed by atoms with Crippen molar-refractivity contribution >= 4 is 29.1 Å². The number of halogens is 1. The van der Waals surface area contributed by atoms with E-state index in [1.807, 2.05) is 30.3 Å². The van der Waals surface area contributed by atoms with Crippen molar-refractivity contribution in [3.63, 3.8) is 0 Å². The number of carbonyl (C=O) groups excluding carboxylic acids is 2. The summed E-state index contributed by atoms with van der Waals surface area (Å²) in [5.74, 6) is -0.737. The molecule has 0 atom stereocenters. The van der Waals surface area contributed by atoms with Crippen molar-refractivity contribution in [2.24, 2.45) is 5.73 Å². The van der Waals surface area contributed by atoms with E-state index in [-0.39, 0.29) is 12.3 Å². The van der Waals surface area contributed by atoms with E-state index in [4.69, 9.17) is 17.3 Å². The van der Waals surface area contributed by atoms with Gasteiger partial charge in [-0.2, -0.15) is 5.10 Å². The summed E-state index contributed by atoms with van der Waals surface area (Å²) in [6.07, 6.45) is 0.158. The van der Waals surface area contributed by atoms with Crippen LogP contribution < -0.4 is 11.1 Å². The van der Waals surface area contributed by atoms with Gasteiger partial charge in [0.05, 0.1) is 24.2 Å². The summed E-state index contributed by atoms with van der Waals surface area (Å²) in [7, 11) is 0. The molecular formula is C20H19ClN4O2. The van der Waals surface area contributed by atoms with Crippen LogP contribution in [-0.4, -0.2) is 21.6 Å². The molecule has 0 aliphatic rings. The van der Waals surface area contributed by atoms with Crippen LogP contribution in [0.4, 0.5) is 5.69 Å². The van der Waals surface area contributed by atoms with Gasteiger partial charge in [-0.15, -0.1) is 0 Å². The van der Waals surface area contributed by atoms with Gasteiger partial charge < -0.3 is 11.1 Å². The molecule has 27 heavy (non-hydrogen) atoms. The van der Waals surface area contributed by atoms with Crippen molar-refractivity contribution in [3.8, 4) is 0 Å². The zero-order valence-corrected chi connectivity index (χ0v) is 15.5. The van der Waals surface area contributed by atoms with E-state index in [0.717, 1.165) is 11.1 Å². The largest absolute Gasteiger partial charge is 0.369 e. The van der Waals surface area contributed by atoms with E-state index in [9.17, 15) is 9.59 Å². The first-order valence-electron chi connectivity index (χ1n) is 8.39. The maximum Gasteiger partial charge on any atom is 0.260 e. The standard InChI is InChI=1S/C20H19ClN4O2/c1-13-18(19(21)25(24-13)12-15-5-3-2-4-6-15)20(27)23-16-9-7-14(8-10-16)11-17(22)26/h2-10H,11-12H2,1H3,(H2,22,26)(H,23,27). The second-order valence-corrected chi connectivity index (χ2v) is 6.55. The predicted octanol–water partition coefficient (Wildman–Crippen LogP) is 3.17. The zero-order chi connectivity index (χ0) is 19.4. The van der Waals surface area contributed by atoms with Gasteiger partial charge in [0.1, 0.15) is 5.15 Å². The second kappa shape index (κ2) is 8.05. The smallest absolute Gasteiger partial charge is 0.260 e. The van der Waals surface area contributed by atoms with Crippen LogP contribution in [0.2, 0.25) is 5.15 Å². The third kappa shape index (κ3) is 4.54. The van der Waals surface area contributed by atoms with Gasteiger partial charge in [-0.05, 0) is 30.2 Å². The fourth-order valence-electron chi connectivity index (χ4n) is 2.77. The molecule has 0 radical (unpaired) electrons.